The molecule has 2 heterocycles. The fourth-order valence-corrected chi connectivity index (χ4v) is 4.59. The Morgan fingerprint density at radius 1 is 0.962 bits per heavy atom. The van der Waals surface area contributed by atoms with E-state index in [2.05, 4.69) is 12.1 Å². The largest absolute Gasteiger partial charge is 0.447 e. The Bertz CT molecular complexity index is 740. The summed E-state index contributed by atoms with van der Waals surface area (Å²) in [4.78, 5) is 1.12. The summed E-state index contributed by atoms with van der Waals surface area (Å²) >= 11 is 6.78. The van der Waals surface area contributed by atoms with E-state index in [-0.39, 0.29) is 35.1 Å². The molecule has 2 aromatic rings. The number of fused-ring (bicyclic) bond motifs is 1. The summed E-state index contributed by atoms with van der Waals surface area (Å²) in [6.45, 7) is 2.50. The van der Waals surface area contributed by atoms with Crippen LogP contribution in [-0.2, 0) is 25.6 Å². The van der Waals surface area contributed by atoms with Gasteiger partial charge in [-0.1, -0.05) is 60.3 Å². The normalized spacial score (nSPS) is 30.3. The molecular weight excluding hydrogens is 368 g/mol. The van der Waals surface area contributed by atoms with Gasteiger partial charge in [-0.05, 0) is 24.6 Å². The van der Waals surface area contributed by atoms with Crippen LogP contribution in [0.5, 0.6) is 0 Å². The molecule has 136 valence electrons. The molecule has 4 nitrogen and oxygen atoms in total. The molecule has 0 radical (unpaired) electrons. The third-order valence-corrected chi connectivity index (χ3v) is 5.82. The molecule has 0 bridgehead atoms. The van der Waals surface area contributed by atoms with E-state index >= 15 is 0 Å². The summed E-state index contributed by atoms with van der Waals surface area (Å²) in [5.74, 6) is 0. The fraction of sp³-hybridized carbons (Fsp3) is 0.350. The highest BCUT2D eigenvalue weighted by Crippen LogP contribution is 2.39. The first-order valence-electron chi connectivity index (χ1n) is 8.60. The second-order valence-corrected chi connectivity index (χ2v) is 7.82. The average molecular weight is 389 g/mol. The molecule has 0 saturated carbocycles. The van der Waals surface area contributed by atoms with Crippen molar-refractivity contribution in [2.24, 2.45) is 0 Å². The zero-order valence-corrected chi connectivity index (χ0v) is 15.9. The maximum atomic E-state index is 6.23. The first kappa shape index (κ1) is 17.8. The Balaban J connectivity index is 1.47. The zero-order chi connectivity index (χ0) is 17.9. The molecule has 2 saturated heterocycles. The first-order valence-corrected chi connectivity index (χ1v) is 9.89. The molecule has 0 aliphatic carbocycles. The minimum atomic E-state index is -0.287. The lowest BCUT2D eigenvalue weighted by Crippen LogP contribution is -2.55. The van der Waals surface area contributed by atoms with E-state index < -0.39 is 0 Å². The van der Waals surface area contributed by atoms with Gasteiger partial charge in [-0.15, -0.1) is 0 Å². The van der Waals surface area contributed by atoms with Crippen molar-refractivity contribution in [1.29, 1.82) is 0 Å². The zero-order valence-electron chi connectivity index (χ0n) is 14.3. The summed E-state index contributed by atoms with van der Waals surface area (Å²) in [6.07, 6.45) is -0.931. The summed E-state index contributed by atoms with van der Waals surface area (Å²) in [5, 5.41) is 0.171. The van der Waals surface area contributed by atoms with E-state index in [1.54, 1.807) is 11.8 Å². The summed E-state index contributed by atoms with van der Waals surface area (Å²) in [7, 11) is 0. The SMILES string of the molecule is C[C@H]1O[C@H](Sc2ccccc2)[C@H]2OC(=S)O[C@H]2[C@@H]1OCc1ccccc1. The Morgan fingerprint density at radius 2 is 1.62 bits per heavy atom. The molecule has 0 unspecified atom stereocenters. The molecule has 2 fully saturated rings. The van der Waals surface area contributed by atoms with Crippen molar-refractivity contribution in [3.8, 4) is 0 Å². The van der Waals surface area contributed by atoms with Crippen molar-refractivity contribution in [3.05, 3.63) is 66.2 Å². The van der Waals surface area contributed by atoms with Crippen molar-refractivity contribution in [2.75, 3.05) is 0 Å². The van der Waals surface area contributed by atoms with Gasteiger partial charge in [0.15, 0.2) is 12.2 Å². The third kappa shape index (κ3) is 3.88. The van der Waals surface area contributed by atoms with Gasteiger partial charge in [0.05, 0.1) is 12.7 Å². The topological polar surface area (TPSA) is 36.9 Å². The van der Waals surface area contributed by atoms with Crippen LogP contribution in [-0.4, -0.2) is 35.1 Å². The highest BCUT2D eigenvalue weighted by atomic mass is 32.2. The van der Waals surface area contributed by atoms with E-state index in [0.29, 0.717) is 6.61 Å². The minimum Gasteiger partial charge on any atom is -0.447 e. The fourth-order valence-electron chi connectivity index (χ4n) is 3.21. The van der Waals surface area contributed by atoms with Gasteiger partial charge in [-0.25, -0.2) is 0 Å². The third-order valence-electron chi connectivity index (χ3n) is 4.47. The van der Waals surface area contributed by atoms with Crippen LogP contribution in [0.4, 0.5) is 0 Å². The predicted octanol–water partition coefficient (Wildman–Crippen LogP) is 4.18. The van der Waals surface area contributed by atoms with Crippen LogP contribution in [0.3, 0.4) is 0 Å². The first-order chi connectivity index (χ1) is 12.7. The maximum Gasteiger partial charge on any atom is 0.353 e. The second kappa shape index (κ2) is 7.96. The highest BCUT2D eigenvalue weighted by Gasteiger charge is 2.52. The van der Waals surface area contributed by atoms with Gasteiger partial charge < -0.3 is 18.9 Å². The van der Waals surface area contributed by atoms with Gasteiger partial charge in [-0.3, -0.25) is 0 Å². The minimum absolute atomic E-state index is 0.134. The van der Waals surface area contributed by atoms with Crippen LogP contribution in [0.1, 0.15) is 12.5 Å². The molecule has 2 aliphatic rings. The average Bonchev–Trinajstić information content (AvgIpc) is 3.05. The van der Waals surface area contributed by atoms with Crippen LogP contribution in [0.15, 0.2) is 65.6 Å². The van der Waals surface area contributed by atoms with E-state index in [0.717, 1.165) is 10.5 Å². The molecule has 6 heteroatoms. The number of hydrogen-bond donors (Lipinski definition) is 0. The van der Waals surface area contributed by atoms with Crippen LogP contribution < -0.4 is 0 Å². The molecule has 0 spiro atoms. The quantitative estimate of drug-likeness (QED) is 0.716. The summed E-state index contributed by atoms with van der Waals surface area (Å²) < 4.78 is 23.9. The van der Waals surface area contributed by atoms with Gasteiger partial charge >= 0.3 is 5.24 Å². The molecule has 5 atom stereocenters. The van der Waals surface area contributed by atoms with Crippen LogP contribution >= 0.6 is 24.0 Å². The van der Waals surface area contributed by atoms with Crippen molar-refractivity contribution in [1.82, 2.24) is 0 Å². The van der Waals surface area contributed by atoms with Gasteiger partial charge in [0.1, 0.15) is 11.5 Å². The van der Waals surface area contributed by atoms with E-state index in [1.165, 1.54) is 0 Å². The van der Waals surface area contributed by atoms with E-state index in [4.69, 9.17) is 31.2 Å². The summed E-state index contributed by atoms with van der Waals surface area (Å²) in [6, 6.07) is 20.2. The van der Waals surface area contributed by atoms with Crippen molar-refractivity contribution < 1.29 is 18.9 Å². The molecule has 0 amide bonds. The number of thiocarbonyl (C=S) groups is 1. The number of ether oxygens (including phenoxy) is 4. The Morgan fingerprint density at radius 3 is 2.35 bits per heavy atom. The monoisotopic (exact) mass is 388 g/mol. The molecule has 2 aliphatic heterocycles. The number of hydrogen-bond acceptors (Lipinski definition) is 6. The molecule has 0 aromatic heterocycles. The Labute approximate surface area is 162 Å². The number of thioether (sulfide) groups is 1. The van der Waals surface area contributed by atoms with E-state index in [9.17, 15) is 0 Å². The van der Waals surface area contributed by atoms with Crippen molar-refractivity contribution in [3.63, 3.8) is 0 Å². The lowest BCUT2D eigenvalue weighted by atomic mass is 10.0. The maximum absolute atomic E-state index is 6.23. The van der Waals surface area contributed by atoms with Gasteiger partial charge in [0.25, 0.3) is 0 Å². The highest BCUT2D eigenvalue weighted by molar-refractivity contribution is 7.99. The number of rotatable bonds is 5. The Kier molecular flexibility index (Phi) is 5.45. The standard InChI is InChI=1S/C20H20O4S2/c1-13-16(21-12-14-8-4-2-5-9-14)17-18(24-20(25)23-17)19(22-13)26-15-10-6-3-7-11-15/h2-11,13,16-19H,12H2,1H3/t13-,16-,17+,18+,19-/m1/s1. The predicted molar refractivity (Wildman–Crippen MR) is 104 cm³/mol. The lowest BCUT2D eigenvalue weighted by molar-refractivity contribution is -0.178. The Hall–Kier alpha value is -1.60. The summed E-state index contributed by atoms with van der Waals surface area (Å²) in [5.41, 5.74) is 0.910. The molecule has 26 heavy (non-hydrogen) atoms. The molecule has 2 aromatic carbocycles. The lowest BCUT2D eigenvalue weighted by Gasteiger charge is -2.39. The van der Waals surface area contributed by atoms with Crippen LogP contribution in [0.25, 0.3) is 0 Å². The molecule has 0 N–H and O–H groups in total. The second-order valence-electron chi connectivity index (χ2n) is 6.32. The smallest absolute Gasteiger partial charge is 0.353 e. The van der Waals surface area contributed by atoms with Gasteiger partial charge in [0, 0.05) is 17.1 Å². The molecular formula is C20H20O4S2. The van der Waals surface area contributed by atoms with Crippen molar-refractivity contribution >= 4 is 29.2 Å². The van der Waals surface area contributed by atoms with Crippen LogP contribution in [0, 0.1) is 0 Å². The van der Waals surface area contributed by atoms with Gasteiger partial charge in [0.2, 0.25) is 0 Å². The van der Waals surface area contributed by atoms with Gasteiger partial charge in [-0.2, -0.15) is 0 Å². The van der Waals surface area contributed by atoms with E-state index in [1.807, 2.05) is 55.5 Å². The number of benzene rings is 2. The molecule has 4 rings (SSSR count). The van der Waals surface area contributed by atoms with Crippen molar-refractivity contribution in [2.45, 2.75) is 48.3 Å². The van der Waals surface area contributed by atoms with Crippen LogP contribution in [0.2, 0.25) is 0 Å².